The molecule has 0 atom stereocenters. The molecule has 0 aliphatic heterocycles. The number of methoxy groups -OCH3 is 1. The molecule has 0 saturated carbocycles. The number of rotatable bonds is 5. The Morgan fingerprint density at radius 3 is 2.59 bits per heavy atom. The van der Waals surface area contributed by atoms with Gasteiger partial charge in [0.05, 0.1) is 13.3 Å². The molecular weight excluding hydrogens is 372 g/mol. The van der Waals surface area contributed by atoms with Crippen LogP contribution in [0, 0.1) is 13.8 Å². The number of aromatic hydroxyl groups is 1. The van der Waals surface area contributed by atoms with Crippen molar-refractivity contribution in [1.29, 1.82) is 0 Å². The van der Waals surface area contributed by atoms with Gasteiger partial charge in [0.25, 0.3) is 11.5 Å². The van der Waals surface area contributed by atoms with E-state index in [1.165, 1.54) is 20.4 Å². The molecule has 8 nitrogen and oxygen atoms in total. The predicted molar refractivity (Wildman–Crippen MR) is 108 cm³/mol. The summed E-state index contributed by atoms with van der Waals surface area (Å²) < 4.78 is 6.22. The molecule has 2 N–H and O–H groups in total. The van der Waals surface area contributed by atoms with E-state index in [-0.39, 0.29) is 18.1 Å². The Bertz CT molecular complexity index is 1120. The third kappa shape index (κ3) is 4.11. The first-order valence-electron chi connectivity index (χ1n) is 8.96. The first kappa shape index (κ1) is 20.1. The summed E-state index contributed by atoms with van der Waals surface area (Å²) in [6.07, 6.45) is 1.48. The number of ether oxygens (including phenoxy) is 1. The third-order valence-corrected chi connectivity index (χ3v) is 4.71. The van der Waals surface area contributed by atoms with E-state index in [4.69, 9.17) is 4.74 Å². The molecule has 0 bridgehead atoms. The van der Waals surface area contributed by atoms with Crippen LogP contribution in [0.2, 0.25) is 0 Å². The van der Waals surface area contributed by atoms with Crippen LogP contribution in [0.4, 0.5) is 0 Å². The third-order valence-electron chi connectivity index (χ3n) is 4.71. The van der Waals surface area contributed by atoms with E-state index in [1.807, 2.05) is 32.0 Å². The zero-order chi connectivity index (χ0) is 21.1. The van der Waals surface area contributed by atoms with Crippen molar-refractivity contribution in [3.63, 3.8) is 0 Å². The topological polar surface area (TPSA) is 106 Å². The fourth-order valence-electron chi connectivity index (χ4n) is 2.79. The first-order chi connectivity index (χ1) is 13.8. The molecule has 0 fully saturated rings. The predicted octanol–water partition coefficient (Wildman–Crippen LogP) is 2.10. The normalized spacial score (nSPS) is 10.6. The molecule has 3 rings (SSSR count). The second kappa shape index (κ2) is 8.14. The van der Waals surface area contributed by atoms with E-state index in [2.05, 4.69) is 15.3 Å². The molecule has 8 heteroatoms. The lowest BCUT2D eigenvalue weighted by Gasteiger charge is -2.12. The summed E-state index contributed by atoms with van der Waals surface area (Å²) >= 11 is 0. The van der Waals surface area contributed by atoms with Gasteiger partial charge in [-0.2, -0.15) is 0 Å². The van der Waals surface area contributed by atoms with E-state index >= 15 is 0 Å². The zero-order valence-electron chi connectivity index (χ0n) is 16.7. The van der Waals surface area contributed by atoms with Crippen LogP contribution in [-0.4, -0.2) is 32.7 Å². The summed E-state index contributed by atoms with van der Waals surface area (Å²) in [6.45, 7) is 4.24. The van der Waals surface area contributed by atoms with Gasteiger partial charge in [-0.25, -0.2) is 9.97 Å². The highest BCUT2D eigenvalue weighted by Gasteiger charge is 2.21. The largest absolute Gasteiger partial charge is 0.501 e. The van der Waals surface area contributed by atoms with Crippen molar-refractivity contribution in [2.45, 2.75) is 20.4 Å². The quantitative estimate of drug-likeness (QED) is 0.686. The number of carbonyl (C=O) groups excluding carboxylic acids is 1. The minimum Gasteiger partial charge on any atom is -0.501 e. The van der Waals surface area contributed by atoms with E-state index in [9.17, 15) is 14.7 Å². The summed E-state index contributed by atoms with van der Waals surface area (Å²) in [7, 11) is 2.97. The molecule has 0 aliphatic carbocycles. The van der Waals surface area contributed by atoms with Gasteiger partial charge in [0.1, 0.15) is 11.4 Å². The highest BCUT2D eigenvalue weighted by molar-refractivity contribution is 5.95. The highest BCUT2D eigenvalue weighted by Crippen LogP contribution is 2.19. The number of pyridine rings is 1. The van der Waals surface area contributed by atoms with E-state index in [0.29, 0.717) is 11.4 Å². The summed E-state index contributed by atoms with van der Waals surface area (Å²) in [5, 5.41) is 12.9. The molecule has 2 heterocycles. The van der Waals surface area contributed by atoms with Gasteiger partial charge < -0.3 is 15.2 Å². The van der Waals surface area contributed by atoms with Crippen molar-refractivity contribution in [3.05, 3.63) is 69.3 Å². The lowest BCUT2D eigenvalue weighted by Crippen LogP contribution is -2.29. The Kier molecular flexibility index (Phi) is 5.63. The number of hydrogen-bond donors (Lipinski definition) is 2. The minimum atomic E-state index is -0.732. The summed E-state index contributed by atoms with van der Waals surface area (Å²) in [5.41, 5.74) is 2.46. The lowest BCUT2D eigenvalue weighted by atomic mass is 10.1. The van der Waals surface area contributed by atoms with Crippen LogP contribution in [0.15, 0.2) is 41.3 Å². The van der Waals surface area contributed by atoms with E-state index in [1.54, 1.807) is 12.1 Å². The minimum absolute atomic E-state index is 0.159. The van der Waals surface area contributed by atoms with Gasteiger partial charge in [0, 0.05) is 13.6 Å². The van der Waals surface area contributed by atoms with Gasteiger partial charge in [0.2, 0.25) is 5.75 Å². The molecule has 0 saturated heterocycles. The van der Waals surface area contributed by atoms with Crippen LogP contribution in [0.3, 0.4) is 0 Å². The number of aryl methyl sites for hydroxylation is 2. The number of amides is 1. The molecule has 29 heavy (non-hydrogen) atoms. The average molecular weight is 394 g/mol. The van der Waals surface area contributed by atoms with Crippen molar-refractivity contribution in [1.82, 2.24) is 19.9 Å². The SMILES string of the molecule is COc1ccc(-c2nc(C(=O)NCc3ccc(C)c(C)c3)c(O)c(=O)n2C)nc1. The Hall–Kier alpha value is -3.68. The zero-order valence-corrected chi connectivity index (χ0v) is 16.7. The number of benzene rings is 1. The van der Waals surface area contributed by atoms with Crippen LogP contribution in [0.5, 0.6) is 11.5 Å². The van der Waals surface area contributed by atoms with Gasteiger partial charge in [0.15, 0.2) is 11.5 Å². The fourth-order valence-corrected chi connectivity index (χ4v) is 2.79. The van der Waals surface area contributed by atoms with E-state index < -0.39 is 17.2 Å². The van der Waals surface area contributed by atoms with Crippen molar-refractivity contribution in [2.75, 3.05) is 7.11 Å². The second-order valence-electron chi connectivity index (χ2n) is 6.68. The standard InChI is InChI=1S/C21H22N4O4/c1-12-5-6-14(9-13(12)2)10-23-20(27)17-18(26)21(28)25(3)19(24-17)16-8-7-15(29-4)11-22-16/h5-9,11,26H,10H2,1-4H3,(H,23,27). The Morgan fingerprint density at radius 1 is 1.21 bits per heavy atom. The van der Waals surface area contributed by atoms with Crippen LogP contribution in [0.25, 0.3) is 11.5 Å². The molecule has 0 unspecified atom stereocenters. The second-order valence-corrected chi connectivity index (χ2v) is 6.68. The number of aromatic nitrogens is 3. The van der Waals surface area contributed by atoms with Gasteiger partial charge in [-0.3, -0.25) is 14.2 Å². The fraction of sp³-hybridized carbons (Fsp3) is 0.238. The van der Waals surface area contributed by atoms with Gasteiger partial charge >= 0.3 is 0 Å². The molecule has 2 aromatic heterocycles. The van der Waals surface area contributed by atoms with Gasteiger partial charge in [-0.05, 0) is 42.7 Å². The molecule has 0 spiro atoms. The number of nitrogens with zero attached hydrogens (tertiary/aromatic N) is 3. The summed E-state index contributed by atoms with van der Waals surface area (Å²) in [6, 6.07) is 9.14. The number of carbonyl (C=O) groups is 1. The van der Waals surface area contributed by atoms with Crippen LogP contribution in [-0.2, 0) is 13.6 Å². The Morgan fingerprint density at radius 2 is 1.97 bits per heavy atom. The van der Waals surface area contributed by atoms with Crippen LogP contribution < -0.4 is 15.6 Å². The smallest absolute Gasteiger partial charge is 0.296 e. The molecule has 1 aromatic carbocycles. The Labute approximate surface area is 167 Å². The molecule has 0 aliphatic rings. The van der Waals surface area contributed by atoms with E-state index in [0.717, 1.165) is 21.3 Å². The maximum Gasteiger partial charge on any atom is 0.296 e. The van der Waals surface area contributed by atoms with Crippen molar-refractivity contribution >= 4 is 5.91 Å². The van der Waals surface area contributed by atoms with Crippen molar-refractivity contribution in [2.24, 2.45) is 7.05 Å². The monoisotopic (exact) mass is 394 g/mol. The Balaban J connectivity index is 1.91. The van der Waals surface area contributed by atoms with Crippen molar-refractivity contribution in [3.8, 4) is 23.0 Å². The molecular formula is C21H22N4O4. The maximum atomic E-state index is 12.6. The maximum absolute atomic E-state index is 12.6. The first-order valence-corrected chi connectivity index (χ1v) is 8.96. The molecule has 3 aromatic rings. The van der Waals surface area contributed by atoms with Crippen LogP contribution in [0.1, 0.15) is 27.2 Å². The molecule has 150 valence electrons. The number of hydrogen-bond acceptors (Lipinski definition) is 6. The molecule has 1 amide bonds. The number of nitrogens with one attached hydrogen (secondary N) is 1. The molecule has 0 radical (unpaired) electrons. The van der Waals surface area contributed by atoms with Gasteiger partial charge in [-0.15, -0.1) is 0 Å². The highest BCUT2D eigenvalue weighted by atomic mass is 16.5. The van der Waals surface area contributed by atoms with Crippen molar-refractivity contribution < 1.29 is 14.6 Å². The lowest BCUT2D eigenvalue weighted by molar-refractivity contribution is 0.0942. The summed E-state index contributed by atoms with van der Waals surface area (Å²) in [5.74, 6) is -0.647. The average Bonchev–Trinajstić information content (AvgIpc) is 2.73. The van der Waals surface area contributed by atoms with Gasteiger partial charge in [-0.1, -0.05) is 18.2 Å². The summed E-state index contributed by atoms with van der Waals surface area (Å²) in [4.78, 5) is 33.4. The van der Waals surface area contributed by atoms with Crippen LogP contribution >= 0.6 is 0 Å².